The van der Waals surface area contributed by atoms with E-state index in [1.807, 2.05) is 0 Å². The second kappa shape index (κ2) is 5.09. The molecule has 1 rings (SSSR count). The van der Waals surface area contributed by atoms with Crippen molar-refractivity contribution in [3.63, 3.8) is 0 Å². The number of halogens is 3. The van der Waals surface area contributed by atoms with Gasteiger partial charge in [-0.1, -0.05) is 23.4 Å². The second-order valence-corrected chi connectivity index (χ2v) is 3.33. The van der Waals surface area contributed by atoms with Crippen LogP contribution < -0.4 is 5.73 Å². The Labute approximate surface area is 92.0 Å². The summed E-state index contributed by atoms with van der Waals surface area (Å²) >= 11 is 11.1. The monoisotopic (exact) mass is 231 g/mol. The third kappa shape index (κ3) is 2.54. The van der Waals surface area contributed by atoms with Gasteiger partial charge in [-0.25, -0.2) is 4.39 Å². The van der Waals surface area contributed by atoms with Crippen molar-refractivity contribution in [3.8, 4) is 11.8 Å². The summed E-state index contributed by atoms with van der Waals surface area (Å²) < 4.78 is 13.1. The lowest BCUT2D eigenvalue weighted by Gasteiger charge is -2.00. The molecular weight excluding hydrogens is 224 g/mol. The molecule has 0 fully saturated rings. The lowest BCUT2D eigenvalue weighted by atomic mass is 10.2. The van der Waals surface area contributed by atoms with Crippen molar-refractivity contribution in [2.45, 2.75) is 6.42 Å². The molecule has 0 bridgehead atoms. The van der Waals surface area contributed by atoms with Gasteiger partial charge in [0.15, 0.2) is 5.82 Å². The predicted molar refractivity (Wildman–Crippen MR) is 58.0 cm³/mol. The normalized spacial score (nSPS) is 9.36. The molecule has 0 saturated carbocycles. The van der Waals surface area contributed by atoms with Crippen molar-refractivity contribution in [1.82, 2.24) is 0 Å². The molecule has 0 aliphatic heterocycles. The highest BCUT2D eigenvalue weighted by molar-refractivity contribution is 6.32. The van der Waals surface area contributed by atoms with Crippen molar-refractivity contribution >= 4 is 28.9 Å². The van der Waals surface area contributed by atoms with Crippen LogP contribution in [0.3, 0.4) is 0 Å². The zero-order valence-corrected chi connectivity index (χ0v) is 8.79. The summed E-state index contributed by atoms with van der Waals surface area (Å²) in [5.41, 5.74) is 5.78. The molecule has 0 saturated heterocycles. The van der Waals surface area contributed by atoms with Gasteiger partial charge in [0, 0.05) is 17.9 Å². The standard InChI is InChI=1S/C10H8Cl2FN/c11-6-2-1-3-7-4-5-8(14)10(13)9(7)12/h4-5H,2,6,14H2. The zero-order valence-electron chi connectivity index (χ0n) is 7.28. The average molecular weight is 232 g/mol. The second-order valence-electron chi connectivity index (χ2n) is 2.57. The third-order valence-electron chi connectivity index (χ3n) is 1.55. The van der Waals surface area contributed by atoms with Gasteiger partial charge in [0.2, 0.25) is 0 Å². The van der Waals surface area contributed by atoms with Crippen molar-refractivity contribution in [1.29, 1.82) is 0 Å². The fourth-order valence-electron chi connectivity index (χ4n) is 0.866. The number of benzene rings is 1. The van der Waals surface area contributed by atoms with E-state index in [1.165, 1.54) is 6.07 Å². The number of anilines is 1. The quantitative estimate of drug-likeness (QED) is 0.449. The van der Waals surface area contributed by atoms with Crippen molar-refractivity contribution in [3.05, 3.63) is 28.5 Å². The first kappa shape index (κ1) is 11.2. The Bertz CT molecular complexity index is 393. The molecular formula is C10H8Cl2FN. The minimum Gasteiger partial charge on any atom is -0.396 e. The van der Waals surface area contributed by atoms with Gasteiger partial charge < -0.3 is 5.73 Å². The average Bonchev–Trinajstić information content (AvgIpc) is 2.18. The van der Waals surface area contributed by atoms with E-state index in [2.05, 4.69) is 11.8 Å². The molecule has 1 nitrogen and oxygen atoms in total. The van der Waals surface area contributed by atoms with Crippen molar-refractivity contribution < 1.29 is 4.39 Å². The number of nitrogen functional groups attached to an aromatic ring is 1. The van der Waals surface area contributed by atoms with Gasteiger partial charge in [-0.3, -0.25) is 0 Å². The van der Waals surface area contributed by atoms with Crippen LogP contribution in [0.2, 0.25) is 5.02 Å². The van der Waals surface area contributed by atoms with E-state index in [0.29, 0.717) is 17.9 Å². The highest BCUT2D eigenvalue weighted by Crippen LogP contribution is 2.23. The van der Waals surface area contributed by atoms with E-state index in [0.717, 1.165) is 0 Å². The molecule has 0 atom stereocenters. The summed E-state index contributed by atoms with van der Waals surface area (Å²) in [6, 6.07) is 3.02. The van der Waals surface area contributed by atoms with Gasteiger partial charge in [0.05, 0.1) is 10.7 Å². The first-order valence-corrected chi connectivity index (χ1v) is 4.86. The SMILES string of the molecule is Nc1ccc(C#CCCCl)c(Cl)c1F. The van der Waals surface area contributed by atoms with Crippen LogP contribution in [-0.4, -0.2) is 5.88 Å². The lowest BCUT2D eigenvalue weighted by Crippen LogP contribution is -1.92. The summed E-state index contributed by atoms with van der Waals surface area (Å²) in [4.78, 5) is 0. The first-order valence-electron chi connectivity index (χ1n) is 3.95. The summed E-state index contributed by atoms with van der Waals surface area (Å²) in [5.74, 6) is 5.31. The maximum Gasteiger partial charge on any atom is 0.165 e. The smallest absolute Gasteiger partial charge is 0.165 e. The van der Waals surface area contributed by atoms with E-state index in [1.54, 1.807) is 6.07 Å². The van der Waals surface area contributed by atoms with Crippen LogP contribution in [0.1, 0.15) is 12.0 Å². The Kier molecular flexibility index (Phi) is 4.06. The molecule has 14 heavy (non-hydrogen) atoms. The molecule has 0 aliphatic carbocycles. The largest absolute Gasteiger partial charge is 0.396 e. The number of nitrogens with two attached hydrogens (primary N) is 1. The van der Waals surface area contributed by atoms with E-state index >= 15 is 0 Å². The number of rotatable bonds is 1. The highest BCUT2D eigenvalue weighted by Gasteiger charge is 2.07. The highest BCUT2D eigenvalue weighted by atomic mass is 35.5. The van der Waals surface area contributed by atoms with E-state index in [4.69, 9.17) is 28.9 Å². The van der Waals surface area contributed by atoms with Gasteiger partial charge in [-0.05, 0) is 12.1 Å². The van der Waals surface area contributed by atoms with Crippen LogP contribution in [0.25, 0.3) is 0 Å². The number of alkyl halides is 1. The molecule has 0 radical (unpaired) electrons. The fraction of sp³-hybridized carbons (Fsp3) is 0.200. The molecule has 2 N–H and O–H groups in total. The predicted octanol–water partition coefficient (Wildman–Crippen LogP) is 3.04. The summed E-state index contributed by atoms with van der Waals surface area (Å²) in [6.07, 6.45) is 0.546. The summed E-state index contributed by atoms with van der Waals surface area (Å²) in [5, 5.41) is -0.0351. The number of hydrogen-bond donors (Lipinski definition) is 1. The molecule has 0 unspecified atom stereocenters. The Morgan fingerprint density at radius 3 is 2.79 bits per heavy atom. The topological polar surface area (TPSA) is 26.0 Å². The maximum absolute atomic E-state index is 13.1. The van der Waals surface area contributed by atoms with Crippen molar-refractivity contribution in [2.24, 2.45) is 0 Å². The van der Waals surface area contributed by atoms with Crippen LogP contribution in [0.4, 0.5) is 10.1 Å². The molecule has 1 aromatic carbocycles. The van der Waals surface area contributed by atoms with Gasteiger partial charge >= 0.3 is 0 Å². The van der Waals surface area contributed by atoms with Gasteiger partial charge in [-0.15, -0.1) is 11.6 Å². The van der Waals surface area contributed by atoms with Crippen LogP contribution in [0.15, 0.2) is 12.1 Å². The Morgan fingerprint density at radius 2 is 2.14 bits per heavy atom. The maximum atomic E-state index is 13.1. The van der Waals surface area contributed by atoms with E-state index in [-0.39, 0.29) is 10.7 Å². The minimum absolute atomic E-state index is 0.0258. The van der Waals surface area contributed by atoms with Gasteiger partial charge in [-0.2, -0.15) is 0 Å². The number of hydrogen-bond acceptors (Lipinski definition) is 1. The summed E-state index contributed by atoms with van der Waals surface area (Å²) in [7, 11) is 0. The Morgan fingerprint density at radius 1 is 1.43 bits per heavy atom. The van der Waals surface area contributed by atoms with Crippen LogP contribution in [0, 0.1) is 17.7 Å². The van der Waals surface area contributed by atoms with Gasteiger partial charge in [0.1, 0.15) is 0 Å². The Balaban J connectivity index is 3.02. The molecule has 4 heteroatoms. The van der Waals surface area contributed by atoms with Gasteiger partial charge in [0.25, 0.3) is 0 Å². The van der Waals surface area contributed by atoms with Crippen LogP contribution in [-0.2, 0) is 0 Å². The van der Waals surface area contributed by atoms with Crippen molar-refractivity contribution in [2.75, 3.05) is 11.6 Å². The van der Waals surface area contributed by atoms with Crippen LogP contribution in [0.5, 0.6) is 0 Å². The molecule has 0 heterocycles. The van der Waals surface area contributed by atoms with E-state index < -0.39 is 5.82 Å². The third-order valence-corrected chi connectivity index (χ3v) is 2.11. The molecule has 74 valence electrons. The summed E-state index contributed by atoms with van der Waals surface area (Å²) in [6.45, 7) is 0. The fourth-order valence-corrected chi connectivity index (χ4v) is 1.18. The zero-order chi connectivity index (χ0) is 10.6. The first-order chi connectivity index (χ1) is 6.66. The van der Waals surface area contributed by atoms with Crippen LogP contribution >= 0.6 is 23.2 Å². The molecule has 1 aromatic rings. The van der Waals surface area contributed by atoms with E-state index in [9.17, 15) is 4.39 Å². The molecule has 0 aromatic heterocycles. The minimum atomic E-state index is -0.621. The molecule has 0 aliphatic rings. The molecule has 0 amide bonds. The lowest BCUT2D eigenvalue weighted by molar-refractivity contribution is 0.632. The Hall–Kier alpha value is -0.910. The molecule has 0 spiro atoms.